The number of aromatic nitrogens is 4. The van der Waals surface area contributed by atoms with Gasteiger partial charge in [0.15, 0.2) is 17.3 Å². The van der Waals surface area contributed by atoms with Gasteiger partial charge in [0, 0.05) is 0 Å². The third-order valence-corrected chi connectivity index (χ3v) is 6.52. The van der Waals surface area contributed by atoms with E-state index >= 15 is 0 Å². The highest BCUT2D eigenvalue weighted by Gasteiger charge is 2.50. The average molecular weight is 419 g/mol. The Balaban J connectivity index is 1.35. The minimum absolute atomic E-state index is 0.0629. The number of nitrogens with one attached hydrogen (secondary N) is 1. The molecule has 0 bridgehead atoms. The van der Waals surface area contributed by atoms with E-state index in [1.807, 2.05) is 24.5 Å². The Hall–Kier alpha value is -2.81. The van der Waals surface area contributed by atoms with Crippen LogP contribution >= 0.6 is 0 Å². The molecule has 4 atom stereocenters. The number of fused-ring (bicyclic) bond motifs is 3. The Morgan fingerprint density at radius 2 is 2.06 bits per heavy atom. The number of hydrogen-bond donors (Lipinski definition) is 2. The van der Waals surface area contributed by atoms with Crippen molar-refractivity contribution in [2.45, 2.75) is 56.8 Å². The van der Waals surface area contributed by atoms with E-state index in [0.717, 1.165) is 35.4 Å². The second kappa shape index (κ2) is 6.85. The van der Waals surface area contributed by atoms with Crippen molar-refractivity contribution >= 4 is 17.0 Å². The van der Waals surface area contributed by atoms with Crippen LogP contribution in [-0.2, 0) is 15.9 Å². The molecule has 0 radical (unpaired) electrons. The van der Waals surface area contributed by atoms with Crippen LogP contribution in [0.1, 0.15) is 43.5 Å². The lowest BCUT2D eigenvalue weighted by molar-refractivity contribution is -0.148. The minimum Gasteiger partial charge on any atom is -0.392 e. The molecule has 3 aromatic rings. The summed E-state index contributed by atoms with van der Waals surface area (Å²) in [5, 5.41) is 13.4. The standard InChI is InChI=1S/C23H25N5O3/c1-23(2)30-19-14(10-29)9-17(20(19)31-23)28-12-26-18-21(24-11-25-22(18)28)27-16-8-7-13-5-3-4-6-15(13)16/h3-6,9,11-12,16-17,19-20,29H,7-8,10H2,1-2H3,(H,24,25,27). The number of rotatable bonds is 4. The number of hydrogen-bond acceptors (Lipinski definition) is 7. The summed E-state index contributed by atoms with van der Waals surface area (Å²) in [6.07, 6.45) is 6.95. The van der Waals surface area contributed by atoms with Crippen LogP contribution in [0.15, 0.2) is 48.6 Å². The summed E-state index contributed by atoms with van der Waals surface area (Å²) in [5.41, 5.74) is 5.00. The third kappa shape index (κ3) is 2.97. The Bertz CT molecular complexity index is 1190. The maximum atomic E-state index is 9.83. The largest absolute Gasteiger partial charge is 0.392 e. The third-order valence-electron chi connectivity index (χ3n) is 6.52. The van der Waals surface area contributed by atoms with Crippen molar-refractivity contribution in [2.24, 2.45) is 0 Å². The molecule has 1 fully saturated rings. The molecular formula is C23H25N5O3. The van der Waals surface area contributed by atoms with E-state index in [1.54, 1.807) is 12.7 Å². The van der Waals surface area contributed by atoms with Gasteiger partial charge in [0.25, 0.3) is 0 Å². The van der Waals surface area contributed by atoms with Crippen molar-refractivity contribution in [3.05, 3.63) is 59.7 Å². The molecule has 31 heavy (non-hydrogen) atoms. The Kier molecular flexibility index (Phi) is 4.18. The van der Waals surface area contributed by atoms with Gasteiger partial charge in [0.2, 0.25) is 0 Å². The summed E-state index contributed by atoms with van der Waals surface area (Å²) in [4.78, 5) is 13.7. The summed E-state index contributed by atoms with van der Waals surface area (Å²) in [7, 11) is 0. The van der Waals surface area contributed by atoms with Crippen molar-refractivity contribution in [2.75, 3.05) is 11.9 Å². The Morgan fingerprint density at radius 3 is 2.94 bits per heavy atom. The number of aliphatic hydroxyl groups is 1. The van der Waals surface area contributed by atoms with Crippen LogP contribution in [0.3, 0.4) is 0 Å². The fourth-order valence-corrected chi connectivity index (χ4v) is 5.16. The molecule has 2 N–H and O–H groups in total. The maximum Gasteiger partial charge on any atom is 0.166 e. The fourth-order valence-electron chi connectivity index (χ4n) is 5.16. The highest BCUT2D eigenvalue weighted by Crippen LogP contribution is 2.44. The van der Waals surface area contributed by atoms with Crippen LogP contribution in [0.5, 0.6) is 0 Å². The zero-order valence-corrected chi connectivity index (χ0v) is 17.5. The van der Waals surface area contributed by atoms with Gasteiger partial charge >= 0.3 is 0 Å². The zero-order valence-electron chi connectivity index (χ0n) is 17.5. The highest BCUT2D eigenvalue weighted by atomic mass is 16.8. The fraction of sp³-hybridized carbons (Fsp3) is 0.435. The molecule has 1 aliphatic heterocycles. The van der Waals surface area contributed by atoms with Crippen LogP contribution < -0.4 is 5.32 Å². The molecule has 3 heterocycles. The van der Waals surface area contributed by atoms with Crippen molar-refractivity contribution in [3.8, 4) is 0 Å². The first kappa shape index (κ1) is 18.9. The van der Waals surface area contributed by atoms with Crippen LogP contribution in [0.25, 0.3) is 11.2 Å². The monoisotopic (exact) mass is 419 g/mol. The van der Waals surface area contributed by atoms with Gasteiger partial charge in [-0.25, -0.2) is 15.0 Å². The number of ether oxygens (including phenoxy) is 2. The maximum absolute atomic E-state index is 9.83. The van der Waals surface area contributed by atoms with E-state index in [4.69, 9.17) is 9.47 Å². The molecule has 8 heteroatoms. The van der Waals surface area contributed by atoms with E-state index in [9.17, 15) is 5.11 Å². The molecule has 0 spiro atoms. The quantitative estimate of drug-likeness (QED) is 0.628. The predicted molar refractivity (Wildman–Crippen MR) is 114 cm³/mol. The second-order valence-corrected chi connectivity index (χ2v) is 8.89. The van der Waals surface area contributed by atoms with Crippen molar-refractivity contribution < 1.29 is 14.6 Å². The zero-order chi connectivity index (χ0) is 21.2. The Morgan fingerprint density at radius 1 is 1.19 bits per heavy atom. The molecular weight excluding hydrogens is 394 g/mol. The van der Waals surface area contributed by atoms with Crippen molar-refractivity contribution in [1.82, 2.24) is 19.5 Å². The lowest BCUT2D eigenvalue weighted by Gasteiger charge is -2.22. The van der Waals surface area contributed by atoms with Crippen LogP contribution in [0.2, 0.25) is 0 Å². The topological polar surface area (TPSA) is 94.3 Å². The summed E-state index contributed by atoms with van der Waals surface area (Å²) >= 11 is 0. The van der Waals surface area contributed by atoms with E-state index in [1.165, 1.54) is 11.1 Å². The van der Waals surface area contributed by atoms with Crippen molar-refractivity contribution in [3.63, 3.8) is 0 Å². The van der Waals surface area contributed by atoms with Gasteiger partial charge < -0.3 is 24.5 Å². The molecule has 2 aliphatic carbocycles. The molecule has 2 aromatic heterocycles. The summed E-state index contributed by atoms with van der Waals surface area (Å²) in [5.74, 6) is 0.0335. The lowest BCUT2D eigenvalue weighted by atomic mass is 10.1. The van der Waals surface area contributed by atoms with E-state index in [0.29, 0.717) is 0 Å². The first-order valence-corrected chi connectivity index (χ1v) is 10.7. The normalized spacial score (nSPS) is 28.5. The number of aryl methyl sites for hydroxylation is 1. The second-order valence-electron chi connectivity index (χ2n) is 8.89. The molecule has 4 unspecified atom stereocenters. The van der Waals surface area contributed by atoms with Crippen LogP contribution in [-0.4, -0.2) is 49.2 Å². The lowest BCUT2D eigenvalue weighted by Crippen LogP contribution is -2.28. The van der Waals surface area contributed by atoms with Crippen LogP contribution in [0.4, 0.5) is 5.82 Å². The first-order chi connectivity index (χ1) is 15.0. The molecule has 1 saturated heterocycles. The first-order valence-electron chi connectivity index (χ1n) is 10.7. The number of anilines is 1. The highest BCUT2D eigenvalue weighted by molar-refractivity contribution is 5.83. The van der Waals surface area contributed by atoms with Gasteiger partial charge in [0.05, 0.1) is 25.0 Å². The predicted octanol–water partition coefficient (Wildman–Crippen LogP) is 2.92. The molecule has 8 nitrogen and oxygen atoms in total. The van der Waals surface area contributed by atoms with Gasteiger partial charge in [-0.1, -0.05) is 30.3 Å². The number of benzene rings is 1. The Labute approximate surface area is 179 Å². The molecule has 160 valence electrons. The number of aliphatic hydroxyl groups excluding tert-OH is 1. The van der Waals surface area contributed by atoms with Gasteiger partial charge in [0.1, 0.15) is 24.1 Å². The van der Waals surface area contributed by atoms with Gasteiger partial charge in [-0.2, -0.15) is 0 Å². The average Bonchev–Trinajstić information content (AvgIpc) is 3.50. The molecule has 0 saturated carbocycles. The van der Waals surface area contributed by atoms with Crippen LogP contribution in [0, 0.1) is 0 Å². The minimum atomic E-state index is -0.698. The summed E-state index contributed by atoms with van der Waals surface area (Å²) < 4.78 is 14.2. The summed E-state index contributed by atoms with van der Waals surface area (Å²) in [6, 6.07) is 8.59. The molecule has 6 rings (SSSR count). The van der Waals surface area contributed by atoms with E-state index in [2.05, 4.69) is 44.5 Å². The van der Waals surface area contributed by atoms with E-state index < -0.39 is 5.79 Å². The van der Waals surface area contributed by atoms with E-state index in [-0.39, 0.29) is 30.9 Å². The molecule has 3 aliphatic rings. The molecule has 0 amide bonds. The van der Waals surface area contributed by atoms with Crippen molar-refractivity contribution in [1.29, 1.82) is 0 Å². The number of nitrogens with zero attached hydrogens (tertiary/aromatic N) is 4. The molecule has 1 aromatic carbocycles. The summed E-state index contributed by atoms with van der Waals surface area (Å²) in [6.45, 7) is 3.73. The van der Waals surface area contributed by atoms with Gasteiger partial charge in [-0.05, 0) is 43.4 Å². The SMILES string of the molecule is CC1(C)OC2C(CO)=CC(n3cnc4c(NC5CCc6ccccc65)ncnc43)C2O1. The smallest absolute Gasteiger partial charge is 0.166 e. The van der Waals surface area contributed by atoms with Gasteiger partial charge in [-0.15, -0.1) is 0 Å². The van der Waals surface area contributed by atoms with Gasteiger partial charge in [-0.3, -0.25) is 0 Å². The number of imidazole rings is 1.